The van der Waals surface area contributed by atoms with Crippen LogP contribution in [0, 0.1) is 6.92 Å². The van der Waals surface area contributed by atoms with Gasteiger partial charge in [0, 0.05) is 5.56 Å². The lowest BCUT2D eigenvalue weighted by Gasteiger charge is -2.15. The Labute approximate surface area is 135 Å². The van der Waals surface area contributed by atoms with Crippen molar-refractivity contribution < 1.29 is 4.79 Å². The average molecular weight is 306 g/mol. The maximum atomic E-state index is 12.3. The fourth-order valence-electron chi connectivity index (χ4n) is 2.33. The van der Waals surface area contributed by atoms with Crippen LogP contribution in [-0.2, 0) is 0 Å². The Morgan fingerprint density at radius 1 is 1.09 bits per heavy atom. The van der Waals surface area contributed by atoms with Crippen molar-refractivity contribution in [2.45, 2.75) is 19.9 Å². The number of nitrogens with zero attached hydrogens (tertiary/aromatic N) is 3. The summed E-state index contributed by atoms with van der Waals surface area (Å²) in [5.41, 5.74) is 3.78. The monoisotopic (exact) mass is 306 g/mol. The van der Waals surface area contributed by atoms with Crippen LogP contribution in [0.4, 0.5) is 0 Å². The Kier molecular flexibility index (Phi) is 4.19. The van der Waals surface area contributed by atoms with Crippen molar-refractivity contribution in [3.8, 4) is 5.69 Å². The van der Waals surface area contributed by atoms with Crippen LogP contribution in [0.5, 0.6) is 0 Å². The molecule has 0 saturated carbocycles. The Balaban J connectivity index is 1.69. The van der Waals surface area contributed by atoms with Crippen LogP contribution in [0.25, 0.3) is 5.69 Å². The van der Waals surface area contributed by atoms with Gasteiger partial charge in [-0.15, -0.1) is 0 Å². The molecule has 3 aromatic rings. The van der Waals surface area contributed by atoms with Crippen molar-refractivity contribution in [3.05, 3.63) is 77.9 Å². The fraction of sp³-hybridized carbons (Fsp3) is 0.167. The first-order valence-electron chi connectivity index (χ1n) is 7.46. The van der Waals surface area contributed by atoms with Gasteiger partial charge in [-0.05, 0) is 43.7 Å². The maximum Gasteiger partial charge on any atom is 0.251 e. The Bertz CT molecular complexity index is 777. The SMILES string of the molecule is Cc1ccc(C(=O)N[C@@H](C)c2ccc(-n3cncn3)cc2)cc1. The van der Waals surface area contributed by atoms with E-state index in [0.717, 1.165) is 16.8 Å². The van der Waals surface area contributed by atoms with Crippen LogP contribution in [0.2, 0.25) is 0 Å². The summed E-state index contributed by atoms with van der Waals surface area (Å²) in [6.45, 7) is 3.97. The van der Waals surface area contributed by atoms with Gasteiger partial charge in [0.05, 0.1) is 11.7 Å². The van der Waals surface area contributed by atoms with E-state index in [1.165, 1.54) is 6.33 Å². The summed E-state index contributed by atoms with van der Waals surface area (Å²) in [6, 6.07) is 15.4. The molecule has 0 spiro atoms. The van der Waals surface area contributed by atoms with Gasteiger partial charge >= 0.3 is 0 Å². The number of rotatable bonds is 4. The first-order valence-corrected chi connectivity index (χ1v) is 7.46. The van der Waals surface area contributed by atoms with Crippen molar-refractivity contribution >= 4 is 5.91 Å². The van der Waals surface area contributed by atoms with Crippen LogP contribution in [0.15, 0.2) is 61.2 Å². The number of carbonyl (C=O) groups excluding carboxylic acids is 1. The molecule has 3 rings (SSSR count). The molecule has 1 heterocycles. The lowest BCUT2D eigenvalue weighted by Crippen LogP contribution is -2.26. The third-order valence-electron chi connectivity index (χ3n) is 3.74. The summed E-state index contributed by atoms with van der Waals surface area (Å²) >= 11 is 0. The van der Waals surface area contributed by atoms with Crippen LogP contribution in [-0.4, -0.2) is 20.7 Å². The highest BCUT2D eigenvalue weighted by molar-refractivity contribution is 5.94. The highest BCUT2D eigenvalue weighted by Crippen LogP contribution is 2.16. The minimum atomic E-state index is -0.0754. The predicted molar refractivity (Wildman–Crippen MR) is 88.4 cm³/mol. The van der Waals surface area contributed by atoms with E-state index in [2.05, 4.69) is 15.4 Å². The third kappa shape index (κ3) is 3.45. The molecule has 0 aliphatic heterocycles. The summed E-state index contributed by atoms with van der Waals surface area (Å²) < 4.78 is 1.69. The van der Waals surface area contributed by atoms with Crippen molar-refractivity contribution in [1.82, 2.24) is 20.1 Å². The molecular weight excluding hydrogens is 288 g/mol. The van der Waals surface area contributed by atoms with E-state index in [1.54, 1.807) is 11.0 Å². The Hall–Kier alpha value is -2.95. The molecule has 5 heteroatoms. The minimum absolute atomic E-state index is 0.0714. The number of benzene rings is 2. The summed E-state index contributed by atoms with van der Waals surface area (Å²) in [6.07, 6.45) is 3.15. The number of hydrogen-bond acceptors (Lipinski definition) is 3. The van der Waals surface area contributed by atoms with Crippen molar-refractivity contribution in [1.29, 1.82) is 0 Å². The molecule has 1 aromatic heterocycles. The van der Waals surface area contributed by atoms with Gasteiger partial charge in [0.1, 0.15) is 12.7 Å². The molecule has 1 N–H and O–H groups in total. The lowest BCUT2D eigenvalue weighted by atomic mass is 10.1. The molecule has 0 aliphatic rings. The average Bonchev–Trinajstić information content (AvgIpc) is 3.10. The van der Waals surface area contributed by atoms with Crippen LogP contribution >= 0.6 is 0 Å². The number of nitrogens with one attached hydrogen (secondary N) is 1. The molecule has 23 heavy (non-hydrogen) atoms. The van der Waals surface area contributed by atoms with Crippen molar-refractivity contribution in [2.24, 2.45) is 0 Å². The molecular formula is C18H18N4O. The molecule has 2 aromatic carbocycles. The lowest BCUT2D eigenvalue weighted by molar-refractivity contribution is 0.0940. The molecule has 5 nitrogen and oxygen atoms in total. The van der Waals surface area contributed by atoms with Gasteiger partial charge < -0.3 is 5.32 Å². The number of aryl methyl sites for hydroxylation is 1. The number of hydrogen-bond donors (Lipinski definition) is 1. The molecule has 0 bridgehead atoms. The quantitative estimate of drug-likeness (QED) is 0.806. The second kappa shape index (κ2) is 6.44. The predicted octanol–water partition coefficient (Wildman–Crippen LogP) is 3.07. The van der Waals surface area contributed by atoms with E-state index in [4.69, 9.17) is 0 Å². The Morgan fingerprint density at radius 2 is 1.78 bits per heavy atom. The topological polar surface area (TPSA) is 59.8 Å². The van der Waals surface area contributed by atoms with E-state index >= 15 is 0 Å². The zero-order valence-corrected chi connectivity index (χ0v) is 13.1. The Morgan fingerprint density at radius 3 is 2.39 bits per heavy atom. The molecule has 0 saturated heterocycles. The number of aromatic nitrogens is 3. The first-order chi connectivity index (χ1) is 11.1. The van der Waals surface area contributed by atoms with E-state index in [0.29, 0.717) is 5.56 Å². The largest absolute Gasteiger partial charge is 0.346 e. The standard InChI is InChI=1S/C18H18N4O/c1-13-3-5-16(6-4-13)18(23)21-14(2)15-7-9-17(10-8-15)22-12-19-11-20-22/h3-12,14H,1-2H3,(H,21,23)/t14-/m0/s1. The van der Waals surface area contributed by atoms with Crippen LogP contribution in [0.3, 0.4) is 0 Å². The molecule has 0 unspecified atom stereocenters. The molecule has 1 amide bonds. The van der Waals surface area contributed by atoms with Crippen LogP contribution < -0.4 is 5.32 Å². The summed E-state index contributed by atoms with van der Waals surface area (Å²) in [5.74, 6) is -0.0714. The van der Waals surface area contributed by atoms with E-state index in [1.807, 2.05) is 62.4 Å². The summed E-state index contributed by atoms with van der Waals surface area (Å²) in [4.78, 5) is 16.2. The normalized spacial score (nSPS) is 11.9. The van der Waals surface area contributed by atoms with Gasteiger partial charge in [-0.25, -0.2) is 9.67 Å². The molecule has 0 aliphatic carbocycles. The zero-order chi connectivity index (χ0) is 16.2. The second-order valence-corrected chi connectivity index (χ2v) is 5.49. The van der Waals surface area contributed by atoms with Gasteiger partial charge in [0.25, 0.3) is 5.91 Å². The molecule has 0 fully saturated rings. The smallest absolute Gasteiger partial charge is 0.251 e. The zero-order valence-electron chi connectivity index (χ0n) is 13.1. The van der Waals surface area contributed by atoms with Crippen molar-refractivity contribution in [3.63, 3.8) is 0 Å². The number of carbonyl (C=O) groups is 1. The van der Waals surface area contributed by atoms with E-state index in [9.17, 15) is 4.79 Å². The summed E-state index contributed by atoms with van der Waals surface area (Å²) in [5, 5.41) is 7.10. The minimum Gasteiger partial charge on any atom is -0.346 e. The van der Waals surface area contributed by atoms with E-state index in [-0.39, 0.29) is 11.9 Å². The van der Waals surface area contributed by atoms with Crippen LogP contribution in [0.1, 0.15) is 34.5 Å². The number of amides is 1. The van der Waals surface area contributed by atoms with Gasteiger partial charge in [0.15, 0.2) is 0 Å². The van der Waals surface area contributed by atoms with Gasteiger partial charge in [-0.3, -0.25) is 4.79 Å². The van der Waals surface area contributed by atoms with Gasteiger partial charge in [-0.2, -0.15) is 5.10 Å². The second-order valence-electron chi connectivity index (χ2n) is 5.49. The molecule has 1 atom stereocenters. The van der Waals surface area contributed by atoms with Gasteiger partial charge in [0.2, 0.25) is 0 Å². The van der Waals surface area contributed by atoms with Gasteiger partial charge in [-0.1, -0.05) is 29.8 Å². The third-order valence-corrected chi connectivity index (χ3v) is 3.74. The molecule has 0 radical (unpaired) electrons. The summed E-state index contributed by atoms with van der Waals surface area (Å²) in [7, 11) is 0. The first kappa shape index (κ1) is 15.0. The van der Waals surface area contributed by atoms with E-state index < -0.39 is 0 Å². The fourth-order valence-corrected chi connectivity index (χ4v) is 2.33. The maximum absolute atomic E-state index is 12.3. The highest BCUT2D eigenvalue weighted by atomic mass is 16.1. The molecule has 116 valence electrons. The highest BCUT2D eigenvalue weighted by Gasteiger charge is 2.11. The van der Waals surface area contributed by atoms with Crippen molar-refractivity contribution in [2.75, 3.05) is 0 Å².